The first-order valence-electron chi connectivity index (χ1n) is 5.85. The lowest BCUT2D eigenvalue weighted by Gasteiger charge is -2.07. The van der Waals surface area contributed by atoms with Crippen molar-refractivity contribution in [3.8, 4) is 0 Å². The van der Waals surface area contributed by atoms with E-state index in [4.69, 9.17) is 0 Å². The summed E-state index contributed by atoms with van der Waals surface area (Å²) in [6.07, 6.45) is 2.49. The van der Waals surface area contributed by atoms with Gasteiger partial charge in [-0.2, -0.15) is 0 Å². The molecule has 1 rings (SSSR count). The molecule has 0 aliphatic rings. The summed E-state index contributed by atoms with van der Waals surface area (Å²) in [5.74, 6) is 0.474. The highest BCUT2D eigenvalue weighted by Gasteiger charge is 2.21. The first-order valence-corrected chi connectivity index (χ1v) is 5.85. The summed E-state index contributed by atoms with van der Waals surface area (Å²) >= 11 is 0. The van der Waals surface area contributed by atoms with Gasteiger partial charge in [0.05, 0.1) is 4.92 Å². The molecule has 0 bridgehead atoms. The van der Waals surface area contributed by atoms with Crippen LogP contribution >= 0.6 is 0 Å². The van der Waals surface area contributed by atoms with Crippen LogP contribution in [0.25, 0.3) is 0 Å². The van der Waals surface area contributed by atoms with E-state index in [0.717, 1.165) is 12.8 Å². The van der Waals surface area contributed by atoms with Crippen LogP contribution in [0.1, 0.15) is 38.1 Å². The monoisotopic (exact) mass is 238 g/mol. The van der Waals surface area contributed by atoms with Gasteiger partial charge in [-0.1, -0.05) is 13.3 Å². The van der Waals surface area contributed by atoms with E-state index in [2.05, 4.69) is 15.3 Å². The lowest BCUT2D eigenvalue weighted by Crippen LogP contribution is -2.09. The number of nitro groups is 1. The average Bonchev–Trinajstić information content (AvgIpc) is 2.25. The topological polar surface area (TPSA) is 81.0 Å². The van der Waals surface area contributed by atoms with Crippen molar-refractivity contribution < 1.29 is 4.92 Å². The minimum absolute atomic E-state index is 0.0557. The Kier molecular flexibility index (Phi) is 4.81. The second kappa shape index (κ2) is 6.12. The number of rotatable bonds is 6. The number of hydrogen-bond acceptors (Lipinski definition) is 5. The number of nitrogens with one attached hydrogen (secondary N) is 1. The van der Waals surface area contributed by atoms with Gasteiger partial charge in [-0.3, -0.25) is 10.1 Å². The molecule has 0 amide bonds. The molecule has 1 N–H and O–H groups in total. The molecule has 0 unspecified atom stereocenters. The molecule has 0 aliphatic carbocycles. The maximum absolute atomic E-state index is 11.0. The van der Waals surface area contributed by atoms with Gasteiger partial charge in [-0.25, -0.2) is 9.97 Å². The number of nitrogens with zero attached hydrogens (tertiary/aromatic N) is 3. The predicted octanol–water partition coefficient (Wildman–Crippen LogP) is 2.47. The van der Waals surface area contributed by atoms with Crippen molar-refractivity contribution in [3.63, 3.8) is 0 Å². The number of aromatic nitrogens is 2. The quantitative estimate of drug-likeness (QED) is 0.608. The van der Waals surface area contributed by atoms with E-state index in [1.165, 1.54) is 0 Å². The highest BCUT2D eigenvalue weighted by Crippen LogP contribution is 2.23. The second-order valence-electron chi connectivity index (χ2n) is 3.82. The summed E-state index contributed by atoms with van der Waals surface area (Å²) in [4.78, 5) is 18.9. The van der Waals surface area contributed by atoms with Gasteiger partial charge in [0.1, 0.15) is 11.4 Å². The molecule has 0 aromatic carbocycles. The van der Waals surface area contributed by atoms with E-state index in [9.17, 15) is 10.1 Å². The molecule has 1 aromatic heterocycles. The number of anilines is 1. The van der Waals surface area contributed by atoms with Crippen LogP contribution in [-0.2, 0) is 6.42 Å². The van der Waals surface area contributed by atoms with Crippen LogP contribution in [0.3, 0.4) is 0 Å². The highest BCUT2D eigenvalue weighted by atomic mass is 16.6. The van der Waals surface area contributed by atoms with E-state index < -0.39 is 4.92 Å². The van der Waals surface area contributed by atoms with Gasteiger partial charge in [-0.05, 0) is 26.7 Å². The Morgan fingerprint density at radius 2 is 2.06 bits per heavy atom. The minimum Gasteiger partial charge on any atom is -0.354 e. The van der Waals surface area contributed by atoms with Gasteiger partial charge in [0.2, 0.25) is 5.95 Å². The Labute approximate surface area is 101 Å². The fraction of sp³-hybridized carbons (Fsp3) is 0.636. The van der Waals surface area contributed by atoms with Gasteiger partial charge >= 0.3 is 5.69 Å². The molecule has 1 aromatic rings. The first-order chi connectivity index (χ1) is 8.10. The summed E-state index contributed by atoms with van der Waals surface area (Å²) in [6.45, 7) is 6.33. The van der Waals surface area contributed by atoms with E-state index >= 15 is 0 Å². The van der Waals surface area contributed by atoms with Crippen LogP contribution < -0.4 is 5.32 Å². The van der Waals surface area contributed by atoms with Crippen LogP contribution in [0.15, 0.2) is 0 Å². The third-order valence-electron chi connectivity index (χ3n) is 2.42. The third-order valence-corrected chi connectivity index (χ3v) is 2.42. The van der Waals surface area contributed by atoms with Gasteiger partial charge in [-0.15, -0.1) is 0 Å². The van der Waals surface area contributed by atoms with Crippen molar-refractivity contribution in [2.24, 2.45) is 0 Å². The molecular formula is C11H18N4O2. The van der Waals surface area contributed by atoms with Gasteiger partial charge < -0.3 is 5.32 Å². The fourth-order valence-electron chi connectivity index (χ4n) is 1.62. The minimum atomic E-state index is -0.393. The molecule has 0 atom stereocenters. The first kappa shape index (κ1) is 13.3. The van der Waals surface area contributed by atoms with Crippen molar-refractivity contribution in [1.29, 1.82) is 0 Å². The summed E-state index contributed by atoms with van der Waals surface area (Å²) in [7, 11) is 0. The molecule has 6 nitrogen and oxygen atoms in total. The molecule has 0 radical (unpaired) electrons. The predicted molar refractivity (Wildman–Crippen MR) is 66.2 cm³/mol. The largest absolute Gasteiger partial charge is 0.354 e. The normalized spacial score (nSPS) is 10.3. The lowest BCUT2D eigenvalue weighted by atomic mass is 10.1. The molecular weight excluding hydrogens is 220 g/mol. The second-order valence-corrected chi connectivity index (χ2v) is 3.82. The maximum atomic E-state index is 11.0. The van der Waals surface area contributed by atoms with Crippen molar-refractivity contribution in [1.82, 2.24) is 9.97 Å². The average molecular weight is 238 g/mol. The van der Waals surface area contributed by atoms with Crippen LogP contribution in [-0.4, -0.2) is 21.4 Å². The Morgan fingerprint density at radius 1 is 1.35 bits per heavy atom. The Hall–Kier alpha value is -1.72. The van der Waals surface area contributed by atoms with Crippen LogP contribution in [0, 0.1) is 17.0 Å². The van der Waals surface area contributed by atoms with Crippen LogP contribution in [0.4, 0.5) is 11.6 Å². The maximum Gasteiger partial charge on any atom is 0.311 e. The SMILES string of the molecule is CCCCc1nc(NCC)nc(C)c1[N+](=O)[O-]. The molecule has 94 valence electrons. The van der Waals surface area contributed by atoms with Gasteiger partial charge in [0.25, 0.3) is 0 Å². The smallest absolute Gasteiger partial charge is 0.311 e. The van der Waals surface area contributed by atoms with Crippen molar-refractivity contribution in [2.45, 2.75) is 40.0 Å². The molecule has 0 fully saturated rings. The van der Waals surface area contributed by atoms with E-state index in [1.807, 2.05) is 13.8 Å². The molecule has 1 heterocycles. The number of aryl methyl sites for hydroxylation is 2. The highest BCUT2D eigenvalue weighted by molar-refractivity contribution is 5.44. The molecule has 6 heteroatoms. The van der Waals surface area contributed by atoms with E-state index in [1.54, 1.807) is 6.92 Å². The Morgan fingerprint density at radius 3 is 2.59 bits per heavy atom. The zero-order chi connectivity index (χ0) is 12.8. The third kappa shape index (κ3) is 3.37. The Bertz CT molecular complexity index is 407. The van der Waals surface area contributed by atoms with Crippen LogP contribution in [0.5, 0.6) is 0 Å². The van der Waals surface area contributed by atoms with Crippen molar-refractivity contribution >= 4 is 11.6 Å². The van der Waals surface area contributed by atoms with Crippen molar-refractivity contribution in [2.75, 3.05) is 11.9 Å². The van der Waals surface area contributed by atoms with E-state index in [0.29, 0.717) is 30.3 Å². The summed E-state index contributed by atoms with van der Waals surface area (Å²) in [5, 5.41) is 14.0. The van der Waals surface area contributed by atoms with E-state index in [-0.39, 0.29) is 5.69 Å². The zero-order valence-electron chi connectivity index (χ0n) is 10.5. The Balaban J connectivity index is 3.14. The molecule has 0 saturated heterocycles. The molecule has 17 heavy (non-hydrogen) atoms. The zero-order valence-corrected chi connectivity index (χ0v) is 10.5. The lowest BCUT2D eigenvalue weighted by molar-refractivity contribution is -0.386. The number of hydrogen-bond donors (Lipinski definition) is 1. The summed E-state index contributed by atoms with van der Waals surface area (Å²) in [6, 6.07) is 0. The van der Waals surface area contributed by atoms with Crippen molar-refractivity contribution in [3.05, 3.63) is 21.5 Å². The summed E-state index contributed by atoms with van der Waals surface area (Å²) in [5.41, 5.74) is 1.01. The number of unbranched alkanes of at least 4 members (excludes halogenated alkanes) is 1. The fourth-order valence-corrected chi connectivity index (χ4v) is 1.62. The standard InChI is InChI=1S/C11H18N4O2/c1-4-6-7-9-10(15(16)17)8(3)13-11(14-9)12-5-2/h4-7H2,1-3H3,(H,12,13,14). The van der Waals surface area contributed by atoms with Gasteiger partial charge in [0, 0.05) is 6.54 Å². The molecule has 0 aliphatic heterocycles. The molecule has 0 saturated carbocycles. The van der Waals surface area contributed by atoms with Crippen LogP contribution in [0.2, 0.25) is 0 Å². The molecule has 0 spiro atoms. The summed E-state index contributed by atoms with van der Waals surface area (Å²) < 4.78 is 0. The van der Waals surface area contributed by atoms with Gasteiger partial charge in [0.15, 0.2) is 0 Å².